The normalized spacial score (nSPS) is 10.5. The number of ether oxygens (including phenoxy) is 1. The molecule has 0 fully saturated rings. The summed E-state index contributed by atoms with van der Waals surface area (Å²) < 4.78 is 5.88. The summed E-state index contributed by atoms with van der Waals surface area (Å²) in [4.78, 5) is 12.1. The van der Waals surface area contributed by atoms with Crippen molar-refractivity contribution in [2.45, 2.75) is 97.3 Å². The van der Waals surface area contributed by atoms with Crippen molar-refractivity contribution in [3.05, 3.63) is 65.2 Å². The second-order valence-corrected chi connectivity index (χ2v) is 8.91. The van der Waals surface area contributed by atoms with Crippen LogP contribution in [0.2, 0.25) is 0 Å². The summed E-state index contributed by atoms with van der Waals surface area (Å²) in [6.45, 7) is 5.15. The molecule has 2 aromatic carbocycles. The number of ketones is 1. The van der Waals surface area contributed by atoms with E-state index in [1.165, 1.54) is 57.8 Å². The minimum atomic E-state index is 0.213. The van der Waals surface area contributed by atoms with Crippen LogP contribution in [0.3, 0.4) is 0 Å². The molecular weight excluding hydrogens is 404 g/mol. The molecule has 2 aromatic rings. The summed E-state index contributed by atoms with van der Waals surface area (Å²) in [5.74, 6) is 7.49. The van der Waals surface area contributed by atoms with Crippen LogP contribution in [0.1, 0.15) is 119 Å². The Balaban J connectivity index is 1.63. The predicted molar refractivity (Wildman–Crippen MR) is 140 cm³/mol. The Labute approximate surface area is 202 Å². The number of hydrogen-bond donors (Lipinski definition) is 0. The van der Waals surface area contributed by atoms with Crippen molar-refractivity contribution >= 4 is 5.78 Å². The van der Waals surface area contributed by atoms with Gasteiger partial charge >= 0.3 is 0 Å². The highest BCUT2D eigenvalue weighted by molar-refractivity contribution is 5.96. The molecule has 0 aliphatic heterocycles. The monoisotopic (exact) mass is 446 g/mol. The summed E-state index contributed by atoms with van der Waals surface area (Å²) in [5, 5.41) is 0. The first-order valence-electron chi connectivity index (χ1n) is 13.1. The fourth-order valence-corrected chi connectivity index (χ4v) is 3.78. The molecule has 0 amide bonds. The predicted octanol–water partition coefficient (Wildman–Crippen LogP) is 8.76. The minimum Gasteiger partial charge on any atom is -0.494 e. The average Bonchev–Trinajstić information content (AvgIpc) is 2.85. The van der Waals surface area contributed by atoms with E-state index >= 15 is 0 Å². The van der Waals surface area contributed by atoms with E-state index in [4.69, 9.17) is 4.74 Å². The van der Waals surface area contributed by atoms with Crippen molar-refractivity contribution in [1.82, 2.24) is 0 Å². The van der Waals surface area contributed by atoms with Crippen molar-refractivity contribution in [3.8, 4) is 17.6 Å². The quantitative estimate of drug-likeness (QED) is 0.146. The summed E-state index contributed by atoms with van der Waals surface area (Å²) in [6.07, 6.45) is 16.0. The lowest BCUT2D eigenvalue weighted by atomic mass is 10.0. The van der Waals surface area contributed by atoms with Crippen LogP contribution in [0.4, 0.5) is 0 Å². The molecule has 178 valence electrons. The number of hydrogen-bond acceptors (Lipinski definition) is 2. The Morgan fingerprint density at radius 2 is 1.12 bits per heavy atom. The lowest BCUT2D eigenvalue weighted by Crippen LogP contribution is -1.98. The summed E-state index contributed by atoms with van der Waals surface area (Å²) in [5.41, 5.74) is 2.66. The van der Waals surface area contributed by atoms with Gasteiger partial charge < -0.3 is 4.74 Å². The van der Waals surface area contributed by atoms with Gasteiger partial charge in [-0.15, -0.1) is 0 Å². The van der Waals surface area contributed by atoms with Crippen molar-refractivity contribution in [2.24, 2.45) is 0 Å². The molecule has 0 saturated heterocycles. The first-order chi connectivity index (χ1) is 16.2. The van der Waals surface area contributed by atoms with Gasteiger partial charge in [-0.25, -0.2) is 0 Å². The molecule has 0 aromatic heterocycles. The number of carbonyl (C=O) groups excluding carboxylic acids is 1. The van der Waals surface area contributed by atoms with Gasteiger partial charge in [-0.2, -0.15) is 0 Å². The van der Waals surface area contributed by atoms with Crippen LogP contribution < -0.4 is 4.74 Å². The number of Topliss-reactive ketones (excluding diaryl/α,β-unsaturated/α-hetero) is 1. The molecule has 0 heterocycles. The zero-order valence-corrected chi connectivity index (χ0v) is 20.8. The van der Waals surface area contributed by atoms with E-state index in [1.54, 1.807) is 0 Å². The van der Waals surface area contributed by atoms with Crippen LogP contribution in [-0.4, -0.2) is 12.4 Å². The summed E-state index contributed by atoms with van der Waals surface area (Å²) in [6, 6.07) is 15.6. The van der Waals surface area contributed by atoms with E-state index in [-0.39, 0.29) is 5.78 Å². The highest BCUT2D eigenvalue weighted by atomic mass is 16.5. The van der Waals surface area contributed by atoms with E-state index < -0.39 is 0 Å². The molecule has 0 radical (unpaired) electrons. The third-order valence-corrected chi connectivity index (χ3v) is 5.94. The fourth-order valence-electron chi connectivity index (χ4n) is 3.78. The molecule has 0 aliphatic carbocycles. The first-order valence-corrected chi connectivity index (χ1v) is 13.1. The van der Waals surface area contributed by atoms with E-state index in [9.17, 15) is 4.79 Å². The van der Waals surface area contributed by atoms with E-state index in [1.807, 2.05) is 48.5 Å². The van der Waals surface area contributed by atoms with Crippen molar-refractivity contribution < 1.29 is 9.53 Å². The Bertz CT molecular complexity index is 837. The number of carbonyl (C=O) groups is 1. The van der Waals surface area contributed by atoms with Crippen molar-refractivity contribution in [2.75, 3.05) is 6.61 Å². The van der Waals surface area contributed by atoms with Gasteiger partial charge in [0.25, 0.3) is 0 Å². The second kappa shape index (κ2) is 17.0. The number of benzene rings is 2. The van der Waals surface area contributed by atoms with Gasteiger partial charge in [0.2, 0.25) is 0 Å². The van der Waals surface area contributed by atoms with Gasteiger partial charge in [0.1, 0.15) is 5.75 Å². The largest absolute Gasteiger partial charge is 0.494 e. The molecule has 33 heavy (non-hydrogen) atoms. The third kappa shape index (κ3) is 11.8. The van der Waals surface area contributed by atoms with Gasteiger partial charge in [-0.3, -0.25) is 4.79 Å². The average molecular weight is 447 g/mol. The maximum absolute atomic E-state index is 12.1. The van der Waals surface area contributed by atoms with Gasteiger partial charge in [0.15, 0.2) is 5.78 Å². The standard InChI is InChI=1S/C31H42O2/c1-3-5-7-8-9-10-11-12-13-14-26-33-30-24-20-28(21-25-30)17-16-27-18-22-29(23-19-27)31(32)15-6-4-2/h18-25H,3-15,26H2,1-2H3. The van der Waals surface area contributed by atoms with E-state index in [0.717, 1.165) is 48.3 Å². The second-order valence-electron chi connectivity index (χ2n) is 8.91. The summed E-state index contributed by atoms with van der Waals surface area (Å²) >= 11 is 0. The minimum absolute atomic E-state index is 0.213. The molecule has 2 nitrogen and oxygen atoms in total. The highest BCUT2D eigenvalue weighted by Gasteiger charge is 2.04. The van der Waals surface area contributed by atoms with Crippen molar-refractivity contribution in [1.29, 1.82) is 0 Å². The maximum atomic E-state index is 12.1. The lowest BCUT2D eigenvalue weighted by Gasteiger charge is -2.06. The molecule has 2 rings (SSSR count). The van der Waals surface area contributed by atoms with Crippen LogP contribution in [0.15, 0.2) is 48.5 Å². The van der Waals surface area contributed by atoms with Gasteiger partial charge in [-0.1, -0.05) is 102 Å². The van der Waals surface area contributed by atoms with E-state index in [2.05, 4.69) is 25.7 Å². The van der Waals surface area contributed by atoms with Crippen LogP contribution in [0.5, 0.6) is 5.75 Å². The molecule has 2 heteroatoms. The fraction of sp³-hybridized carbons (Fsp3) is 0.516. The zero-order valence-electron chi connectivity index (χ0n) is 20.8. The van der Waals surface area contributed by atoms with Gasteiger partial charge in [0.05, 0.1) is 6.61 Å². The highest BCUT2D eigenvalue weighted by Crippen LogP contribution is 2.14. The van der Waals surface area contributed by atoms with Gasteiger partial charge in [-0.05, 0) is 49.2 Å². The molecular formula is C31H42O2. The molecule has 0 unspecified atom stereocenters. The topological polar surface area (TPSA) is 26.3 Å². The zero-order chi connectivity index (χ0) is 23.6. The third-order valence-electron chi connectivity index (χ3n) is 5.94. The molecule has 0 N–H and O–H groups in total. The number of unbranched alkanes of at least 4 members (excludes halogenated alkanes) is 10. The van der Waals surface area contributed by atoms with Crippen molar-refractivity contribution in [3.63, 3.8) is 0 Å². The van der Waals surface area contributed by atoms with Crippen LogP contribution in [0.25, 0.3) is 0 Å². The van der Waals surface area contributed by atoms with Crippen LogP contribution in [0, 0.1) is 11.8 Å². The van der Waals surface area contributed by atoms with Gasteiger partial charge in [0, 0.05) is 23.1 Å². The molecule has 0 spiro atoms. The Morgan fingerprint density at radius 1 is 0.636 bits per heavy atom. The Morgan fingerprint density at radius 3 is 1.67 bits per heavy atom. The molecule has 0 saturated carbocycles. The smallest absolute Gasteiger partial charge is 0.162 e. The maximum Gasteiger partial charge on any atom is 0.162 e. The molecule has 0 atom stereocenters. The molecule has 0 aliphatic rings. The number of rotatable bonds is 16. The SMILES string of the molecule is CCCCCCCCCCCCOc1ccc(C#Cc2ccc(C(=O)CCCC)cc2)cc1. The van der Waals surface area contributed by atoms with Crippen LogP contribution >= 0.6 is 0 Å². The molecule has 0 bridgehead atoms. The first kappa shape index (κ1) is 26.7. The Kier molecular flexibility index (Phi) is 13.8. The lowest BCUT2D eigenvalue weighted by molar-refractivity contribution is 0.0980. The summed E-state index contributed by atoms with van der Waals surface area (Å²) in [7, 11) is 0. The Hall–Kier alpha value is -2.53. The van der Waals surface area contributed by atoms with Crippen LogP contribution in [-0.2, 0) is 0 Å². The van der Waals surface area contributed by atoms with E-state index in [0.29, 0.717) is 6.42 Å².